The molecule has 0 aliphatic carbocycles. The topological polar surface area (TPSA) is 67.4 Å². The summed E-state index contributed by atoms with van der Waals surface area (Å²) < 4.78 is 16.3. The molecule has 0 amide bonds. The van der Waals surface area contributed by atoms with E-state index in [1.807, 2.05) is 36.4 Å². The van der Waals surface area contributed by atoms with Crippen LogP contribution in [-0.2, 0) is 6.54 Å². The molecule has 2 aromatic carbocycles. The lowest BCUT2D eigenvalue weighted by Crippen LogP contribution is -2.41. The maximum absolute atomic E-state index is 5.56. The van der Waals surface area contributed by atoms with Crippen LogP contribution in [0.1, 0.15) is 24.1 Å². The fraction of sp³-hybridized carbons (Fsp3) is 0.435. The Balaban J connectivity index is 2.16. The molecule has 30 heavy (non-hydrogen) atoms. The van der Waals surface area contributed by atoms with Gasteiger partial charge in [0.15, 0.2) is 5.96 Å². The Labute approximate surface area is 180 Å². The third-order valence-electron chi connectivity index (χ3n) is 4.83. The number of rotatable bonds is 10. The van der Waals surface area contributed by atoms with E-state index in [9.17, 15) is 0 Å². The van der Waals surface area contributed by atoms with Crippen molar-refractivity contribution >= 4 is 5.96 Å². The first-order chi connectivity index (χ1) is 14.5. The maximum atomic E-state index is 5.56. The number of nitrogens with zero attached hydrogens (tertiary/aromatic N) is 2. The fourth-order valence-electron chi connectivity index (χ4n) is 3.19. The second-order valence-electron chi connectivity index (χ2n) is 6.98. The van der Waals surface area contributed by atoms with Crippen LogP contribution in [0.5, 0.6) is 17.2 Å². The number of ether oxygens (including phenoxy) is 3. The van der Waals surface area contributed by atoms with Crippen molar-refractivity contribution < 1.29 is 14.2 Å². The molecule has 1 atom stereocenters. The highest BCUT2D eigenvalue weighted by atomic mass is 16.5. The monoisotopic (exact) mass is 414 g/mol. The van der Waals surface area contributed by atoms with Crippen molar-refractivity contribution in [3.05, 3.63) is 53.6 Å². The van der Waals surface area contributed by atoms with Gasteiger partial charge in [0.1, 0.15) is 17.2 Å². The minimum absolute atomic E-state index is 0.125. The number of likely N-dealkylation sites (N-methyl/N-ethyl adjacent to an activating group) is 1. The van der Waals surface area contributed by atoms with E-state index in [-0.39, 0.29) is 6.04 Å². The number of hydrogen-bond acceptors (Lipinski definition) is 5. The first-order valence-electron chi connectivity index (χ1n) is 10.1. The quantitative estimate of drug-likeness (QED) is 0.460. The zero-order chi connectivity index (χ0) is 21.9. The van der Waals surface area contributed by atoms with E-state index < -0.39 is 0 Å². The Bertz CT molecular complexity index is 824. The molecule has 0 bridgehead atoms. The van der Waals surface area contributed by atoms with Gasteiger partial charge in [-0.05, 0) is 39.2 Å². The van der Waals surface area contributed by atoms with Crippen molar-refractivity contribution in [1.29, 1.82) is 0 Å². The van der Waals surface area contributed by atoms with Crippen LogP contribution < -0.4 is 24.8 Å². The second-order valence-corrected chi connectivity index (χ2v) is 6.98. The van der Waals surface area contributed by atoms with Gasteiger partial charge in [-0.25, -0.2) is 4.99 Å². The van der Waals surface area contributed by atoms with Gasteiger partial charge < -0.3 is 29.7 Å². The number of aliphatic imine (C=N–C) groups is 1. The minimum Gasteiger partial charge on any atom is -0.497 e. The molecule has 1 unspecified atom stereocenters. The normalized spacial score (nSPS) is 12.4. The van der Waals surface area contributed by atoms with Crippen molar-refractivity contribution in [2.45, 2.75) is 19.5 Å². The number of nitrogens with one attached hydrogen (secondary N) is 2. The van der Waals surface area contributed by atoms with Crippen molar-refractivity contribution in [2.24, 2.45) is 4.99 Å². The third kappa shape index (κ3) is 6.29. The molecule has 7 heteroatoms. The molecule has 7 nitrogen and oxygen atoms in total. The third-order valence-corrected chi connectivity index (χ3v) is 4.83. The van der Waals surface area contributed by atoms with Gasteiger partial charge in [0.25, 0.3) is 0 Å². The summed E-state index contributed by atoms with van der Waals surface area (Å²) in [6.45, 7) is 3.99. The molecule has 0 aliphatic rings. The SMILES string of the molecule is CCNC(=NCc1ccc(OC)cc1OC)NCC(c1ccccc1OC)N(C)C. The molecular formula is C23H34N4O3. The predicted molar refractivity (Wildman–Crippen MR) is 122 cm³/mol. The van der Waals surface area contributed by atoms with Gasteiger partial charge in [-0.1, -0.05) is 18.2 Å². The molecule has 0 heterocycles. The minimum atomic E-state index is 0.125. The Morgan fingerprint density at radius 1 is 0.967 bits per heavy atom. The van der Waals surface area contributed by atoms with Crippen LogP contribution in [0.15, 0.2) is 47.5 Å². The number of guanidine groups is 1. The van der Waals surface area contributed by atoms with Crippen molar-refractivity contribution in [3.63, 3.8) is 0 Å². The highest BCUT2D eigenvalue weighted by Gasteiger charge is 2.18. The highest BCUT2D eigenvalue weighted by Crippen LogP contribution is 2.27. The summed E-state index contributed by atoms with van der Waals surface area (Å²) in [7, 11) is 9.12. The Morgan fingerprint density at radius 3 is 2.33 bits per heavy atom. The lowest BCUT2D eigenvalue weighted by molar-refractivity contribution is 0.287. The molecule has 0 fully saturated rings. The van der Waals surface area contributed by atoms with E-state index in [4.69, 9.17) is 19.2 Å². The van der Waals surface area contributed by atoms with E-state index in [0.717, 1.165) is 40.9 Å². The number of para-hydroxylation sites is 1. The molecule has 2 rings (SSSR count). The Kier molecular flexibility index (Phi) is 9.28. The average Bonchev–Trinajstić information content (AvgIpc) is 2.77. The van der Waals surface area contributed by atoms with Crippen LogP contribution in [-0.4, -0.2) is 59.4 Å². The number of hydrogen-bond donors (Lipinski definition) is 2. The highest BCUT2D eigenvalue weighted by molar-refractivity contribution is 5.79. The summed E-state index contributed by atoms with van der Waals surface area (Å²) in [5.41, 5.74) is 2.12. The summed E-state index contributed by atoms with van der Waals surface area (Å²) in [4.78, 5) is 6.91. The molecule has 0 aromatic heterocycles. The van der Waals surface area contributed by atoms with Gasteiger partial charge in [0.05, 0.1) is 33.9 Å². The lowest BCUT2D eigenvalue weighted by atomic mass is 10.0. The van der Waals surface area contributed by atoms with Gasteiger partial charge in [-0.3, -0.25) is 0 Å². The summed E-state index contributed by atoms with van der Waals surface area (Å²) in [5, 5.41) is 6.77. The van der Waals surface area contributed by atoms with Crippen molar-refractivity contribution in [3.8, 4) is 17.2 Å². The van der Waals surface area contributed by atoms with E-state index in [1.165, 1.54) is 0 Å². The second kappa shape index (κ2) is 11.9. The van der Waals surface area contributed by atoms with Gasteiger partial charge in [-0.15, -0.1) is 0 Å². The van der Waals surface area contributed by atoms with Crippen LogP contribution >= 0.6 is 0 Å². The fourth-order valence-corrected chi connectivity index (χ4v) is 3.19. The zero-order valence-electron chi connectivity index (χ0n) is 18.9. The van der Waals surface area contributed by atoms with Crippen molar-refractivity contribution in [2.75, 3.05) is 48.5 Å². The zero-order valence-corrected chi connectivity index (χ0v) is 18.9. The van der Waals surface area contributed by atoms with Crippen LogP contribution in [0, 0.1) is 0 Å². The van der Waals surface area contributed by atoms with Crippen molar-refractivity contribution in [1.82, 2.24) is 15.5 Å². The molecule has 2 N–H and O–H groups in total. The number of methoxy groups -OCH3 is 3. The molecule has 2 aromatic rings. The van der Waals surface area contributed by atoms with Gasteiger partial charge in [0, 0.05) is 30.3 Å². The Morgan fingerprint density at radius 2 is 1.70 bits per heavy atom. The predicted octanol–water partition coefficient (Wildman–Crippen LogP) is 3.07. The maximum Gasteiger partial charge on any atom is 0.191 e. The molecular weight excluding hydrogens is 380 g/mol. The van der Waals surface area contributed by atoms with Crippen LogP contribution in [0.3, 0.4) is 0 Å². The van der Waals surface area contributed by atoms with E-state index in [1.54, 1.807) is 21.3 Å². The van der Waals surface area contributed by atoms with Gasteiger partial charge in [-0.2, -0.15) is 0 Å². The summed E-state index contributed by atoms with van der Waals surface area (Å²) >= 11 is 0. The van der Waals surface area contributed by atoms with Gasteiger partial charge in [0.2, 0.25) is 0 Å². The van der Waals surface area contributed by atoms with Crippen LogP contribution in [0.2, 0.25) is 0 Å². The van der Waals surface area contributed by atoms with Crippen LogP contribution in [0.4, 0.5) is 0 Å². The standard InChI is InChI=1S/C23H34N4O3/c1-7-24-23(25-15-17-12-13-18(28-4)14-22(17)30-6)26-16-20(27(2)3)19-10-8-9-11-21(19)29-5/h8-14,20H,7,15-16H2,1-6H3,(H2,24,25,26). The molecule has 0 saturated heterocycles. The average molecular weight is 415 g/mol. The van der Waals surface area contributed by atoms with E-state index in [2.05, 4.69) is 42.6 Å². The molecule has 0 saturated carbocycles. The first-order valence-corrected chi connectivity index (χ1v) is 10.1. The molecule has 0 aliphatic heterocycles. The smallest absolute Gasteiger partial charge is 0.191 e. The summed E-state index contributed by atoms with van der Waals surface area (Å²) in [5.74, 6) is 3.14. The molecule has 164 valence electrons. The van der Waals surface area contributed by atoms with E-state index in [0.29, 0.717) is 13.1 Å². The molecule has 0 spiro atoms. The lowest BCUT2D eigenvalue weighted by Gasteiger charge is -2.27. The summed E-state index contributed by atoms with van der Waals surface area (Å²) in [6.07, 6.45) is 0. The first kappa shape index (κ1) is 23.3. The van der Waals surface area contributed by atoms with Crippen LogP contribution in [0.25, 0.3) is 0 Å². The number of benzene rings is 2. The molecule has 0 radical (unpaired) electrons. The van der Waals surface area contributed by atoms with Gasteiger partial charge >= 0.3 is 0 Å². The van der Waals surface area contributed by atoms with E-state index >= 15 is 0 Å². The summed E-state index contributed by atoms with van der Waals surface area (Å²) in [6, 6.07) is 14.0. The largest absolute Gasteiger partial charge is 0.497 e. The Hall–Kier alpha value is -2.93.